The van der Waals surface area contributed by atoms with Crippen molar-refractivity contribution in [1.82, 2.24) is 9.97 Å². The molecule has 0 aliphatic rings. The van der Waals surface area contributed by atoms with Gasteiger partial charge in [-0.3, -0.25) is 0 Å². The molecule has 1 heterocycles. The van der Waals surface area contributed by atoms with Crippen molar-refractivity contribution in [3.05, 3.63) is 11.5 Å². The zero-order chi connectivity index (χ0) is 12.2. The molecule has 0 radical (unpaired) electrons. The molecular weight excluding hydrogens is 228 g/mol. The highest BCUT2D eigenvalue weighted by molar-refractivity contribution is 6.28. The van der Waals surface area contributed by atoms with E-state index in [2.05, 4.69) is 29.1 Å². The Hall–Kier alpha value is -1.07. The number of anilines is 2. The highest BCUT2D eigenvalue weighted by atomic mass is 35.5. The van der Waals surface area contributed by atoms with Crippen molar-refractivity contribution in [2.45, 2.75) is 20.3 Å². The molecule has 0 aromatic carbocycles. The highest BCUT2D eigenvalue weighted by Gasteiger charge is 2.17. The molecule has 0 amide bonds. The molecule has 0 unspecified atom stereocenters. The van der Waals surface area contributed by atoms with Gasteiger partial charge in [-0.2, -0.15) is 4.98 Å². The van der Waals surface area contributed by atoms with Crippen molar-refractivity contribution in [2.75, 3.05) is 24.2 Å². The highest BCUT2D eigenvalue weighted by Crippen LogP contribution is 2.22. The van der Waals surface area contributed by atoms with Crippen LogP contribution in [-0.4, -0.2) is 28.2 Å². The second kappa shape index (κ2) is 5.32. The maximum absolute atomic E-state index is 8.90. The van der Waals surface area contributed by atoms with Gasteiger partial charge in [-0.05, 0) is 23.4 Å². The van der Waals surface area contributed by atoms with Crippen LogP contribution in [0.25, 0.3) is 0 Å². The zero-order valence-electron chi connectivity index (χ0n) is 9.50. The van der Waals surface area contributed by atoms with Gasteiger partial charge >= 0.3 is 0 Å². The van der Waals surface area contributed by atoms with E-state index in [1.54, 1.807) is 0 Å². The van der Waals surface area contributed by atoms with Gasteiger partial charge in [0.1, 0.15) is 0 Å². The van der Waals surface area contributed by atoms with Gasteiger partial charge < -0.3 is 16.2 Å². The van der Waals surface area contributed by atoms with E-state index in [-0.39, 0.29) is 17.3 Å². The monoisotopic (exact) mass is 244 g/mol. The molecule has 4 N–H and O–H groups in total. The number of nitrogens with zero attached hydrogens (tertiary/aromatic N) is 2. The van der Waals surface area contributed by atoms with Crippen LogP contribution in [0.1, 0.15) is 20.3 Å². The van der Waals surface area contributed by atoms with E-state index in [1.807, 2.05) is 0 Å². The van der Waals surface area contributed by atoms with Gasteiger partial charge in [0.15, 0.2) is 5.82 Å². The summed E-state index contributed by atoms with van der Waals surface area (Å²) in [5, 5.41) is 12.2. The summed E-state index contributed by atoms with van der Waals surface area (Å²) >= 11 is 5.67. The standard InChI is InChI=1S/C10H17ClN4O/c1-10(2,3-4-16)6-14-8-7(12)5-13-9(11)15-8/h5,16H,3-4,6,12H2,1-2H3,(H,13,14,15). The molecule has 5 nitrogen and oxygen atoms in total. The lowest BCUT2D eigenvalue weighted by molar-refractivity contribution is 0.220. The molecule has 16 heavy (non-hydrogen) atoms. The second-order valence-electron chi connectivity index (χ2n) is 4.43. The number of aliphatic hydroxyl groups excluding tert-OH is 1. The number of aliphatic hydroxyl groups is 1. The van der Waals surface area contributed by atoms with E-state index >= 15 is 0 Å². The van der Waals surface area contributed by atoms with E-state index < -0.39 is 0 Å². The molecule has 0 aliphatic carbocycles. The zero-order valence-corrected chi connectivity index (χ0v) is 10.3. The van der Waals surface area contributed by atoms with Crippen molar-refractivity contribution in [3.63, 3.8) is 0 Å². The molecule has 0 saturated carbocycles. The van der Waals surface area contributed by atoms with Crippen LogP contribution >= 0.6 is 11.6 Å². The van der Waals surface area contributed by atoms with Crippen LogP contribution in [0.2, 0.25) is 5.28 Å². The topological polar surface area (TPSA) is 84.1 Å². The predicted octanol–water partition coefficient (Wildman–Crippen LogP) is 1.53. The predicted molar refractivity (Wildman–Crippen MR) is 65.4 cm³/mol. The summed E-state index contributed by atoms with van der Waals surface area (Å²) in [6.45, 7) is 4.92. The van der Waals surface area contributed by atoms with Crippen LogP contribution in [0.4, 0.5) is 11.5 Å². The summed E-state index contributed by atoms with van der Waals surface area (Å²) in [6, 6.07) is 0. The molecule has 0 aliphatic heterocycles. The molecule has 0 saturated heterocycles. The molecule has 0 fully saturated rings. The number of nitrogens with one attached hydrogen (secondary N) is 1. The average molecular weight is 245 g/mol. The average Bonchev–Trinajstić information content (AvgIpc) is 2.19. The Labute approximate surface area is 100 Å². The third kappa shape index (κ3) is 3.83. The summed E-state index contributed by atoms with van der Waals surface area (Å²) < 4.78 is 0. The molecule has 6 heteroatoms. The fourth-order valence-electron chi connectivity index (χ4n) is 1.23. The lowest BCUT2D eigenvalue weighted by Gasteiger charge is -2.24. The first-order chi connectivity index (χ1) is 7.44. The molecule has 0 bridgehead atoms. The number of rotatable bonds is 5. The Morgan fingerprint density at radius 3 is 2.88 bits per heavy atom. The summed E-state index contributed by atoms with van der Waals surface area (Å²) in [4.78, 5) is 7.76. The van der Waals surface area contributed by atoms with Crippen LogP contribution in [-0.2, 0) is 0 Å². The molecular formula is C10H17ClN4O. The first kappa shape index (κ1) is 13.0. The van der Waals surface area contributed by atoms with Gasteiger partial charge in [0.2, 0.25) is 5.28 Å². The van der Waals surface area contributed by atoms with Crippen molar-refractivity contribution in [3.8, 4) is 0 Å². The minimum absolute atomic E-state index is 0.0292. The van der Waals surface area contributed by atoms with Gasteiger partial charge in [0.05, 0.1) is 11.9 Å². The van der Waals surface area contributed by atoms with Crippen LogP contribution in [0.3, 0.4) is 0 Å². The Morgan fingerprint density at radius 1 is 1.56 bits per heavy atom. The minimum atomic E-state index is -0.0292. The third-order valence-electron chi connectivity index (χ3n) is 2.31. The number of nitrogen functional groups attached to an aromatic ring is 1. The lowest BCUT2D eigenvalue weighted by atomic mass is 9.90. The first-order valence-electron chi connectivity index (χ1n) is 5.07. The van der Waals surface area contributed by atoms with Gasteiger partial charge in [0.25, 0.3) is 0 Å². The molecule has 90 valence electrons. The Bertz CT molecular complexity index is 357. The molecule has 0 atom stereocenters. The van der Waals surface area contributed by atoms with Gasteiger partial charge in [-0.15, -0.1) is 0 Å². The largest absolute Gasteiger partial charge is 0.396 e. The number of aromatic nitrogens is 2. The normalized spacial score (nSPS) is 11.5. The van der Waals surface area contributed by atoms with Gasteiger partial charge in [-0.25, -0.2) is 4.98 Å². The Morgan fingerprint density at radius 2 is 2.25 bits per heavy atom. The smallest absolute Gasteiger partial charge is 0.224 e. The number of hydrogen-bond donors (Lipinski definition) is 3. The first-order valence-corrected chi connectivity index (χ1v) is 5.45. The Balaban J connectivity index is 2.63. The molecule has 1 rings (SSSR count). The van der Waals surface area contributed by atoms with Gasteiger partial charge in [-0.1, -0.05) is 13.8 Å². The van der Waals surface area contributed by atoms with Crippen LogP contribution in [0.15, 0.2) is 6.20 Å². The Kier molecular flexibility index (Phi) is 4.32. The van der Waals surface area contributed by atoms with Crippen LogP contribution in [0, 0.1) is 5.41 Å². The van der Waals surface area contributed by atoms with Crippen molar-refractivity contribution in [1.29, 1.82) is 0 Å². The summed E-state index contributed by atoms with van der Waals surface area (Å²) in [7, 11) is 0. The molecule has 1 aromatic rings. The van der Waals surface area contributed by atoms with E-state index in [1.165, 1.54) is 6.20 Å². The summed E-state index contributed by atoms with van der Waals surface area (Å²) in [5.41, 5.74) is 6.13. The van der Waals surface area contributed by atoms with E-state index in [0.717, 1.165) is 0 Å². The van der Waals surface area contributed by atoms with E-state index in [9.17, 15) is 0 Å². The van der Waals surface area contributed by atoms with E-state index in [0.29, 0.717) is 24.5 Å². The van der Waals surface area contributed by atoms with E-state index in [4.69, 9.17) is 22.4 Å². The maximum atomic E-state index is 8.90. The van der Waals surface area contributed by atoms with Crippen molar-refractivity contribution >= 4 is 23.1 Å². The van der Waals surface area contributed by atoms with Crippen LogP contribution in [0.5, 0.6) is 0 Å². The summed E-state index contributed by atoms with van der Waals surface area (Å²) in [6.07, 6.45) is 2.18. The SMILES string of the molecule is CC(C)(CCO)CNc1nc(Cl)ncc1N. The fourth-order valence-corrected chi connectivity index (χ4v) is 1.36. The second-order valence-corrected chi connectivity index (χ2v) is 4.77. The fraction of sp³-hybridized carbons (Fsp3) is 0.600. The minimum Gasteiger partial charge on any atom is -0.396 e. The summed E-state index contributed by atoms with van der Waals surface area (Å²) in [5.74, 6) is 0.533. The van der Waals surface area contributed by atoms with Crippen molar-refractivity contribution < 1.29 is 5.11 Å². The quantitative estimate of drug-likeness (QED) is 0.684. The van der Waals surface area contributed by atoms with Crippen LogP contribution < -0.4 is 11.1 Å². The molecule has 0 spiro atoms. The number of halogens is 1. The third-order valence-corrected chi connectivity index (χ3v) is 2.49. The molecule has 1 aromatic heterocycles. The lowest BCUT2D eigenvalue weighted by Crippen LogP contribution is -2.25. The maximum Gasteiger partial charge on any atom is 0.224 e. The number of nitrogens with two attached hydrogens (primary N) is 1. The van der Waals surface area contributed by atoms with Gasteiger partial charge in [0, 0.05) is 13.2 Å². The van der Waals surface area contributed by atoms with Crippen molar-refractivity contribution in [2.24, 2.45) is 5.41 Å². The number of hydrogen-bond acceptors (Lipinski definition) is 5.